The van der Waals surface area contributed by atoms with Crippen molar-refractivity contribution < 1.29 is 9.90 Å². The standard InChI is InChI=1S/C12H12ClN3O2/c1-7-10(5-12(17)18)8(2)16(15-7)11-4-3-9(13)6-14-11/h3-4,6H,5H2,1-2H3,(H,17,18). The molecule has 0 bridgehead atoms. The summed E-state index contributed by atoms with van der Waals surface area (Å²) in [5.74, 6) is -0.249. The van der Waals surface area contributed by atoms with Crippen LogP contribution in [0.4, 0.5) is 0 Å². The number of nitrogens with zero attached hydrogens (tertiary/aromatic N) is 3. The molecular weight excluding hydrogens is 254 g/mol. The van der Waals surface area contributed by atoms with Crippen LogP contribution in [0.25, 0.3) is 5.82 Å². The van der Waals surface area contributed by atoms with Gasteiger partial charge in [-0.05, 0) is 26.0 Å². The average molecular weight is 266 g/mol. The first-order valence-electron chi connectivity index (χ1n) is 5.38. The number of carboxylic acids is 1. The molecule has 0 atom stereocenters. The van der Waals surface area contributed by atoms with Crippen LogP contribution >= 0.6 is 11.6 Å². The maximum absolute atomic E-state index is 10.8. The Bertz CT molecular complexity index is 590. The third-order valence-electron chi connectivity index (χ3n) is 2.70. The molecule has 2 rings (SSSR count). The number of hydrogen-bond acceptors (Lipinski definition) is 3. The van der Waals surface area contributed by atoms with Gasteiger partial charge in [-0.3, -0.25) is 4.79 Å². The van der Waals surface area contributed by atoms with Gasteiger partial charge in [-0.1, -0.05) is 11.6 Å². The van der Waals surface area contributed by atoms with Gasteiger partial charge >= 0.3 is 5.97 Å². The van der Waals surface area contributed by atoms with Crippen LogP contribution in [0, 0.1) is 13.8 Å². The number of carbonyl (C=O) groups is 1. The molecule has 2 heterocycles. The summed E-state index contributed by atoms with van der Waals surface area (Å²) < 4.78 is 1.63. The highest BCUT2D eigenvalue weighted by atomic mass is 35.5. The fourth-order valence-electron chi connectivity index (χ4n) is 1.80. The molecule has 94 valence electrons. The van der Waals surface area contributed by atoms with Gasteiger partial charge in [0.05, 0.1) is 17.1 Å². The van der Waals surface area contributed by atoms with Gasteiger partial charge in [-0.2, -0.15) is 5.10 Å². The van der Waals surface area contributed by atoms with E-state index in [2.05, 4.69) is 10.1 Å². The minimum absolute atomic E-state index is 0.0365. The zero-order valence-electron chi connectivity index (χ0n) is 10.0. The Morgan fingerprint density at radius 3 is 2.72 bits per heavy atom. The Balaban J connectivity index is 2.46. The molecule has 18 heavy (non-hydrogen) atoms. The summed E-state index contributed by atoms with van der Waals surface area (Å²) in [6.45, 7) is 3.62. The van der Waals surface area contributed by atoms with Crippen LogP contribution in [0.15, 0.2) is 18.3 Å². The van der Waals surface area contributed by atoms with Crippen LogP contribution < -0.4 is 0 Å². The third kappa shape index (κ3) is 2.36. The first-order chi connectivity index (χ1) is 8.49. The van der Waals surface area contributed by atoms with Gasteiger partial charge < -0.3 is 5.11 Å². The van der Waals surface area contributed by atoms with Crippen molar-refractivity contribution in [3.05, 3.63) is 40.3 Å². The predicted molar refractivity (Wildman–Crippen MR) is 67.2 cm³/mol. The van der Waals surface area contributed by atoms with E-state index in [1.807, 2.05) is 6.92 Å². The molecule has 0 unspecified atom stereocenters. The van der Waals surface area contributed by atoms with Gasteiger partial charge in [-0.15, -0.1) is 0 Å². The van der Waals surface area contributed by atoms with E-state index in [9.17, 15) is 4.79 Å². The SMILES string of the molecule is Cc1nn(-c2ccc(Cl)cn2)c(C)c1CC(=O)O. The minimum Gasteiger partial charge on any atom is -0.481 e. The normalized spacial score (nSPS) is 10.6. The van der Waals surface area contributed by atoms with Crippen molar-refractivity contribution in [2.75, 3.05) is 0 Å². The Kier molecular flexibility index (Phi) is 3.34. The molecule has 0 spiro atoms. The number of carboxylic acid groups (broad SMARTS) is 1. The van der Waals surface area contributed by atoms with Crippen molar-refractivity contribution in [2.24, 2.45) is 0 Å². The topological polar surface area (TPSA) is 68.0 Å². The van der Waals surface area contributed by atoms with E-state index >= 15 is 0 Å². The summed E-state index contributed by atoms with van der Waals surface area (Å²) in [7, 11) is 0. The van der Waals surface area contributed by atoms with Crippen molar-refractivity contribution in [3.8, 4) is 5.82 Å². The van der Waals surface area contributed by atoms with E-state index in [1.165, 1.54) is 6.20 Å². The largest absolute Gasteiger partial charge is 0.481 e. The van der Waals surface area contributed by atoms with Crippen molar-refractivity contribution in [1.82, 2.24) is 14.8 Å². The van der Waals surface area contributed by atoms with E-state index in [4.69, 9.17) is 16.7 Å². The van der Waals surface area contributed by atoms with E-state index in [0.29, 0.717) is 16.5 Å². The fraction of sp³-hybridized carbons (Fsp3) is 0.250. The number of aryl methyl sites for hydroxylation is 1. The number of aliphatic carboxylic acids is 1. The van der Waals surface area contributed by atoms with Crippen molar-refractivity contribution in [2.45, 2.75) is 20.3 Å². The lowest BCUT2D eigenvalue weighted by Gasteiger charge is -2.03. The molecule has 0 aromatic carbocycles. The molecule has 1 N–H and O–H groups in total. The minimum atomic E-state index is -0.871. The summed E-state index contributed by atoms with van der Waals surface area (Å²) in [5.41, 5.74) is 2.20. The molecule has 0 saturated carbocycles. The van der Waals surface area contributed by atoms with Crippen LogP contribution in [0.5, 0.6) is 0 Å². The number of pyridine rings is 1. The molecule has 0 amide bonds. The summed E-state index contributed by atoms with van der Waals surface area (Å²) >= 11 is 5.77. The van der Waals surface area contributed by atoms with Gasteiger partial charge in [-0.25, -0.2) is 9.67 Å². The van der Waals surface area contributed by atoms with Crippen LogP contribution in [0.2, 0.25) is 5.02 Å². The molecular formula is C12H12ClN3O2. The molecule has 0 radical (unpaired) electrons. The average Bonchev–Trinajstić information content (AvgIpc) is 2.58. The lowest BCUT2D eigenvalue weighted by Crippen LogP contribution is -2.04. The summed E-state index contributed by atoms with van der Waals surface area (Å²) in [6.07, 6.45) is 1.50. The highest BCUT2D eigenvalue weighted by Gasteiger charge is 2.15. The lowest BCUT2D eigenvalue weighted by atomic mass is 10.1. The number of halogens is 1. The van der Waals surface area contributed by atoms with Crippen molar-refractivity contribution in [1.29, 1.82) is 0 Å². The predicted octanol–water partition coefficient (Wildman–Crippen LogP) is 2.16. The van der Waals surface area contributed by atoms with Gasteiger partial charge in [0.15, 0.2) is 5.82 Å². The summed E-state index contributed by atoms with van der Waals surface area (Å²) in [4.78, 5) is 15.0. The van der Waals surface area contributed by atoms with Crippen LogP contribution in [0.1, 0.15) is 17.0 Å². The Labute approximate surface area is 109 Å². The lowest BCUT2D eigenvalue weighted by molar-refractivity contribution is -0.136. The Hall–Kier alpha value is -1.88. The van der Waals surface area contributed by atoms with Crippen LogP contribution in [0.3, 0.4) is 0 Å². The highest BCUT2D eigenvalue weighted by Crippen LogP contribution is 2.18. The molecule has 5 nitrogen and oxygen atoms in total. The van der Waals surface area contributed by atoms with Gasteiger partial charge in [0.25, 0.3) is 0 Å². The van der Waals surface area contributed by atoms with E-state index < -0.39 is 5.97 Å². The van der Waals surface area contributed by atoms with E-state index in [1.54, 1.807) is 23.7 Å². The van der Waals surface area contributed by atoms with Gasteiger partial charge in [0, 0.05) is 17.5 Å². The monoisotopic (exact) mass is 265 g/mol. The number of rotatable bonds is 3. The molecule has 6 heteroatoms. The number of hydrogen-bond donors (Lipinski definition) is 1. The summed E-state index contributed by atoms with van der Waals surface area (Å²) in [5, 5.41) is 13.7. The molecule has 0 aliphatic rings. The van der Waals surface area contributed by atoms with Crippen LogP contribution in [-0.2, 0) is 11.2 Å². The second-order valence-corrected chi connectivity index (χ2v) is 4.40. The zero-order valence-corrected chi connectivity index (χ0v) is 10.8. The van der Waals surface area contributed by atoms with Crippen LogP contribution in [-0.4, -0.2) is 25.8 Å². The first-order valence-corrected chi connectivity index (χ1v) is 5.75. The maximum atomic E-state index is 10.8. The Morgan fingerprint density at radius 2 is 2.17 bits per heavy atom. The Morgan fingerprint density at radius 1 is 1.44 bits per heavy atom. The molecule has 0 aliphatic heterocycles. The maximum Gasteiger partial charge on any atom is 0.307 e. The highest BCUT2D eigenvalue weighted by molar-refractivity contribution is 6.30. The second-order valence-electron chi connectivity index (χ2n) is 3.97. The zero-order chi connectivity index (χ0) is 13.3. The van der Waals surface area contributed by atoms with Gasteiger partial charge in [0.2, 0.25) is 0 Å². The van der Waals surface area contributed by atoms with E-state index in [0.717, 1.165) is 11.3 Å². The molecule has 2 aromatic heterocycles. The number of aromatic nitrogens is 3. The molecule has 0 saturated heterocycles. The molecule has 2 aromatic rings. The van der Waals surface area contributed by atoms with Crippen molar-refractivity contribution in [3.63, 3.8) is 0 Å². The van der Waals surface area contributed by atoms with E-state index in [-0.39, 0.29) is 6.42 Å². The first kappa shape index (κ1) is 12.6. The smallest absolute Gasteiger partial charge is 0.307 e. The quantitative estimate of drug-likeness (QED) is 0.923. The molecule has 0 aliphatic carbocycles. The third-order valence-corrected chi connectivity index (χ3v) is 2.92. The molecule has 0 fully saturated rings. The van der Waals surface area contributed by atoms with Crippen molar-refractivity contribution >= 4 is 17.6 Å². The van der Waals surface area contributed by atoms with Gasteiger partial charge in [0.1, 0.15) is 0 Å². The fourth-order valence-corrected chi connectivity index (χ4v) is 1.91. The second kappa shape index (κ2) is 4.78. The summed E-state index contributed by atoms with van der Waals surface area (Å²) in [6, 6.07) is 3.46.